The Morgan fingerprint density at radius 1 is 0.923 bits per heavy atom. The maximum Gasteiger partial charge on any atom is 0.227 e. The maximum atomic E-state index is 12.1. The number of ether oxygens (including phenoxy) is 1. The molecule has 3 heterocycles. The Morgan fingerprint density at radius 2 is 1.54 bits per heavy atom. The molecule has 1 N–H and O–H groups in total. The molecule has 1 unspecified atom stereocenters. The second kappa shape index (κ2) is 7.97. The summed E-state index contributed by atoms with van der Waals surface area (Å²) in [4.78, 5) is 16.5. The van der Waals surface area contributed by atoms with Crippen LogP contribution in [0.2, 0.25) is 0 Å². The third kappa shape index (κ3) is 3.89. The van der Waals surface area contributed by atoms with Crippen molar-refractivity contribution >= 4 is 17.3 Å². The predicted octanol–water partition coefficient (Wildman–Crippen LogP) is 2.94. The number of carbonyl (C=O) groups is 1. The zero-order chi connectivity index (χ0) is 17.9. The summed E-state index contributed by atoms with van der Waals surface area (Å²) in [6.45, 7) is 6.13. The van der Waals surface area contributed by atoms with E-state index in [0.717, 1.165) is 51.3 Å². The number of carbonyl (C=O) groups excluding carboxylic acids is 1. The number of nitrogens with zero attached hydrogens (tertiary/aromatic N) is 2. The maximum absolute atomic E-state index is 12.1. The van der Waals surface area contributed by atoms with Gasteiger partial charge in [0.25, 0.3) is 0 Å². The minimum absolute atomic E-state index is 0.255. The van der Waals surface area contributed by atoms with Crippen LogP contribution < -0.4 is 15.1 Å². The van der Waals surface area contributed by atoms with Crippen LogP contribution in [0.1, 0.15) is 45.4 Å². The number of benzene rings is 1. The highest BCUT2D eigenvalue weighted by Crippen LogP contribution is 2.29. The van der Waals surface area contributed by atoms with E-state index < -0.39 is 0 Å². The molecule has 0 saturated carbocycles. The van der Waals surface area contributed by atoms with Gasteiger partial charge in [-0.25, -0.2) is 0 Å². The Labute approximate surface area is 156 Å². The van der Waals surface area contributed by atoms with Crippen LogP contribution in [-0.2, 0) is 9.53 Å². The van der Waals surface area contributed by atoms with Gasteiger partial charge in [0.15, 0.2) is 0 Å². The van der Waals surface area contributed by atoms with Gasteiger partial charge in [-0.1, -0.05) is 0 Å². The second-order valence-corrected chi connectivity index (χ2v) is 7.98. The summed E-state index contributed by atoms with van der Waals surface area (Å²) < 4.78 is 5.45. The van der Waals surface area contributed by atoms with E-state index in [1.807, 2.05) is 4.90 Å². The molecule has 3 fully saturated rings. The standard InChI is InChI=1S/C21H31N3O2/c1-16-2-7-21(25)24(16)20-5-3-19(4-6-20)23-12-8-17(9-13-23)22-18-10-14-26-15-11-18/h3-6,16-18,22H,2,7-15H2,1H3. The van der Waals surface area contributed by atoms with Gasteiger partial charge in [0.1, 0.15) is 0 Å². The van der Waals surface area contributed by atoms with Crippen molar-refractivity contribution in [1.82, 2.24) is 5.32 Å². The van der Waals surface area contributed by atoms with Crippen LogP contribution in [0.25, 0.3) is 0 Å². The Bertz CT molecular complexity index is 604. The van der Waals surface area contributed by atoms with Crippen LogP contribution in [0.15, 0.2) is 24.3 Å². The van der Waals surface area contributed by atoms with Crippen molar-refractivity contribution in [3.63, 3.8) is 0 Å². The van der Waals surface area contributed by atoms with Gasteiger partial charge in [0.05, 0.1) is 0 Å². The lowest BCUT2D eigenvalue weighted by Crippen LogP contribution is -2.47. The fourth-order valence-electron chi connectivity index (χ4n) is 4.55. The fourth-order valence-corrected chi connectivity index (χ4v) is 4.55. The van der Waals surface area contributed by atoms with Crippen LogP contribution in [0.4, 0.5) is 11.4 Å². The Morgan fingerprint density at radius 3 is 2.15 bits per heavy atom. The van der Waals surface area contributed by atoms with E-state index in [1.165, 1.54) is 18.5 Å². The van der Waals surface area contributed by atoms with Crippen molar-refractivity contribution in [3.05, 3.63) is 24.3 Å². The Hall–Kier alpha value is -1.59. The van der Waals surface area contributed by atoms with Gasteiger partial charge in [-0.15, -0.1) is 0 Å². The minimum Gasteiger partial charge on any atom is -0.381 e. The van der Waals surface area contributed by atoms with E-state index in [2.05, 4.69) is 41.4 Å². The number of nitrogens with one attached hydrogen (secondary N) is 1. The van der Waals surface area contributed by atoms with Crippen LogP contribution in [0.3, 0.4) is 0 Å². The number of anilines is 2. The van der Waals surface area contributed by atoms with E-state index >= 15 is 0 Å². The minimum atomic E-state index is 0.255. The van der Waals surface area contributed by atoms with E-state index in [-0.39, 0.29) is 5.91 Å². The van der Waals surface area contributed by atoms with Gasteiger partial charge in [-0.05, 0) is 63.3 Å². The quantitative estimate of drug-likeness (QED) is 0.900. The first-order valence-corrected chi connectivity index (χ1v) is 10.2. The fraction of sp³-hybridized carbons (Fsp3) is 0.667. The molecular weight excluding hydrogens is 326 g/mol. The van der Waals surface area contributed by atoms with Crippen molar-refractivity contribution in [3.8, 4) is 0 Å². The monoisotopic (exact) mass is 357 g/mol. The molecule has 26 heavy (non-hydrogen) atoms. The van der Waals surface area contributed by atoms with E-state index in [4.69, 9.17) is 4.74 Å². The van der Waals surface area contributed by atoms with Crippen LogP contribution in [-0.4, -0.2) is 50.3 Å². The SMILES string of the molecule is CC1CCC(=O)N1c1ccc(N2CCC(NC3CCOCC3)CC2)cc1. The molecule has 1 atom stereocenters. The molecule has 3 aliphatic rings. The van der Waals surface area contributed by atoms with Crippen LogP contribution in [0, 0.1) is 0 Å². The highest BCUT2D eigenvalue weighted by Gasteiger charge is 2.29. The van der Waals surface area contributed by atoms with Gasteiger partial charge in [0.2, 0.25) is 5.91 Å². The molecule has 0 bridgehead atoms. The number of hydrogen-bond donors (Lipinski definition) is 1. The Kier molecular flexibility index (Phi) is 5.46. The lowest BCUT2D eigenvalue weighted by molar-refractivity contribution is -0.117. The summed E-state index contributed by atoms with van der Waals surface area (Å²) in [5.74, 6) is 0.255. The second-order valence-electron chi connectivity index (χ2n) is 7.98. The van der Waals surface area contributed by atoms with Gasteiger partial charge in [0, 0.05) is 62.2 Å². The summed E-state index contributed by atoms with van der Waals surface area (Å²) in [5, 5.41) is 3.83. The van der Waals surface area contributed by atoms with Gasteiger partial charge in [-0.3, -0.25) is 4.79 Å². The third-order valence-electron chi connectivity index (χ3n) is 6.17. The van der Waals surface area contributed by atoms with Crippen molar-refractivity contribution in [2.75, 3.05) is 36.1 Å². The lowest BCUT2D eigenvalue weighted by atomic mass is 10.0. The van der Waals surface area contributed by atoms with Crippen molar-refractivity contribution in [2.24, 2.45) is 0 Å². The largest absolute Gasteiger partial charge is 0.381 e. The first kappa shape index (κ1) is 17.8. The topological polar surface area (TPSA) is 44.8 Å². The molecule has 4 rings (SSSR count). The van der Waals surface area contributed by atoms with Crippen molar-refractivity contribution in [1.29, 1.82) is 0 Å². The molecule has 3 saturated heterocycles. The summed E-state index contributed by atoms with van der Waals surface area (Å²) in [6, 6.07) is 10.2. The van der Waals surface area contributed by atoms with Crippen LogP contribution >= 0.6 is 0 Å². The zero-order valence-electron chi connectivity index (χ0n) is 15.8. The molecule has 142 valence electrons. The van der Waals surface area contributed by atoms with Crippen LogP contribution in [0.5, 0.6) is 0 Å². The average molecular weight is 357 g/mol. The number of rotatable bonds is 4. The molecule has 3 aliphatic heterocycles. The van der Waals surface area contributed by atoms with E-state index in [1.54, 1.807) is 0 Å². The molecule has 0 radical (unpaired) electrons. The molecule has 5 heteroatoms. The molecular formula is C21H31N3O2. The van der Waals surface area contributed by atoms with E-state index in [9.17, 15) is 4.79 Å². The zero-order valence-corrected chi connectivity index (χ0v) is 15.8. The lowest BCUT2D eigenvalue weighted by Gasteiger charge is -2.36. The average Bonchev–Trinajstić information content (AvgIpc) is 3.02. The number of amides is 1. The smallest absolute Gasteiger partial charge is 0.227 e. The number of hydrogen-bond acceptors (Lipinski definition) is 4. The van der Waals surface area contributed by atoms with Crippen molar-refractivity contribution in [2.45, 2.75) is 63.6 Å². The highest BCUT2D eigenvalue weighted by atomic mass is 16.5. The molecule has 0 aromatic heterocycles. The summed E-state index contributed by atoms with van der Waals surface area (Å²) in [6.07, 6.45) is 6.33. The molecule has 0 spiro atoms. The molecule has 1 amide bonds. The normalized spacial score (nSPS) is 25.9. The highest BCUT2D eigenvalue weighted by molar-refractivity contribution is 5.96. The molecule has 1 aromatic carbocycles. The molecule has 1 aromatic rings. The first-order chi connectivity index (χ1) is 12.7. The molecule has 0 aliphatic carbocycles. The summed E-state index contributed by atoms with van der Waals surface area (Å²) in [5.41, 5.74) is 2.32. The summed E-state index contributed by atoms with van der Waals surface area (Å²) in [7, 11) is 0. The van der Waals surface area contributed by atoms with Crippen molar-refractivity contribution < 1.29 is 9.53 Å². The third-order valence-corrected chi connectivity index (χ3v) is 6.17. The van der Waals surface area contributed by atoms with Gasteiger partial charge < -0.3 is 19.9 Å². The van der Waals surface area contributed by atoms with Gasteiger partial charge in [-0.2, -0.15) is 0 Å². The summed E-state index contributed by atoms with van der Waals surface area (Å²) >= 11 is 0. The first-order valence-electron chi connectivity index (χ1n) is 10.2. The van der Waals surface area contributed by atoms with E-state index in [0.29, 0.717) is 24.5 Å². The van der Waals surface area contributed by atoms with Gasteiger partial charge >= 0.3 is 0 Å². The Balaban J connectivity index is 1.31. The predicted molar refractivity (Wildman–Crippen MR) is 105 cm³/mol. The number of piperidine rings is 1. The molecule has 5 nitrogen and oxygen atoms in total.